The number of esters is 2. The van der Waals surface area contributed by atoms with Gasteiger partial charge in [0.2, 0.25) is 11.8 Å². The Bertz CT molecular complexity index is 1400. The zero-order chi connectivity index (χ0) is 36.0. The van der Waals surface area contributed by atoms with Crippen LogP contribution < -0.4 is 20.6 Å². The van der Waals surface area contributed by atoms with Gasteiger partial charge in [-0.25, -0.2) is 15.2 Å². The summed E-state index contributed by atoms with van der Waals surface area (Å²) in [6.45, 7) is 15.5. The first kappa shape index (κ1) is 39.5. The molecule has 0 aromatic carbocycles. The van der Waals surface area contributed by atoms with Crippen molar-refractivity contribution < 1.29 is 47.8 Å². The molecule has 2 aromatic rings. The third kappa shape index (κ3) is 9.83. The highest BCUT2D eigenvalue weighted by molar-refractivity contribution is 7.54. The number of aromatic nitrogens is 4. The second-order valence-corrected chi connectivity index (χ2v) is 14.9. The van der Waals surface area contributed by atoms with Crippen LogP contribution in [0.3, 0.4) is 0 Å². The van der Waals surface area contributed by atoms with Gasteiger partial charge >= 0.3 is 19.6 Å². The second kappa shape index (κ2) is 16.7. The topological polar surface area (TPSA) is 232 Å². The maximum Gasteiger partial charge on any atom is 0.342 e. The molecule has 18 heteroatoms. The molecule has 0 spiro atoms. The highest BCUT2D eigenvalue weighted by atomic mass is 31.2. The molecule has 0 bridgehead atoms. The predicted octanol–water partition coefficient (Wildman–Crippen LogP) is 2.46. The minimum atomic E-state index is -4.31. The number of hydrogen-bond donors (Lipinski definition) is 5. The van der Waals surface area contributed by atoms with E-state index >= 15 is 0 Å². The molecule has 17 nitrogen and oxygen atoms in total. The van der Waals surface area contributed by atoms with Gasteiger partial charge in [0.1, 0.15) is 29.9 Å². The number of nitrogens with two attached hydrogens (primary N) is 1. The lowest BCUT2D eigenvalue weighted by Crippen LogP contribution is -2.47. The van der Waals surface area contributed by atoms with Crippen LogP contribution in [0.25, 0.3) is 11.2 Å². The van der Waals surface area contributed by atoms with Crippen LogP contribution in [-0.4, -0.2) is 97.5 Å². The fourth-order valence-corrected chi connectivity index (χ4v) is 7.12. The molecule has 272 valence electrons. The number of anilines is 1. The molecule has 2 unspecified atom stereocenters. The van der Waals surface area contributed by atoms with Crippen molar-refractivity contribution in [3.05, 3.63) is 6.33 Å². The molecule has 7 atom stereocenters. The lowest BCUT2D eigenvalue weighted by Gasteiger charge is -2.30. The molecule has 1 fully saturated rings. The zero-order valence-corrected chi connectivity index (χ0v) is 30.1. The van der Waals surface area contributed by atoms with E-state index in [0.717, 1.165) is 0 Å². The lowest BCUT2D eigenvalue weighted by molar-refractivity contribution is -0.146. The van der Waals surface area contributed by atoms with Crippen molar-refractivity contribution >= 4 is 36.7 Å². The normalized spacial score (nSPS) is 23.8. The Morgan fingerprint density at radius 3 is 2.06 bits per heavy atom. The first-order valence-corrected chi connectivity index (χ1v) is 17.9. The highest BCUT2D eigenvalue weighted by Crippen LogP contribution is 2.45. The van der Waals surface area contributed by atoms with Crippen molar-refractivity contribution in [2.75, 3.05) is 25.6 Å². The number of nitrogen functional groups attached to an aromatic ring is 1. The van der Waals surface area contributed by atoms with Crippen molar-refractivity contribution in [1.82, 2.24) is 29.7 Å². The average Bonchev–Trinajstić information content (AvgIpc) is 3.48. The SMILES string of the molecule is CCOC(=O)[C@H](CC(C)C)NP(=O)(N[C@H](CC(C)C)C(=O)OCC)OC[C@H]1O[C@@H](n2cnc3c(OC(C)C)nc(N)nc32)[C@@](C)(O)C1O. The first-order chi connectivity index (χ1) is 22.4. The van der Waals surface area contributed by atoms with E-state index in [1.807, 2.05) is 41.5 Å². The summed E-state index contributed by atoms with van der Waals surface area (Å²) in [5.74, 6) is -1.29. The Balaban J connectivity index is 1.95. The van der Waals surface area contributed by atoms with Gasteiger partial charge in [-0.05, 0) is 59.3 Å². The molecule has 0 saturated carbocycles. The Labute approximate surface area is 281 Å². The predicted molar refractivity (Wildman–Crippen MR) is 176 cm³/mol. The molecule has 2 aromatic heterocycles. The number of nitrogens with zero attached hydrogens (tertiary/aromatic N) is 4. The molecule has 1 aliphatic rings. The Morgan fingerprint density at radius 2 is 1.58 bits per heavy atom. The summed E-state index contributed by atoms with van der Waals surface area (Å²) in [5, 5.41) is 28.3. The minimum Gasteiger partial charge on any atom is -0.473 e. The zero-order valence-electron chi connectivity index (χ0n) is 29.2. The van der Waals surface area contributed by atoms with E-state index in [1.165, 1.54) is 17.8 Å². The molecule has 1 saturated heterocycles. The number of carbonyl (C=O) groups excluding carboxylic acids is 2. The monoisotopic (exact) mass is 701 g/mol. The summed E-state index contributed by atoms with van der Waals surface area (Å²) in [6, 6.07) is -2.14. The number of ether oxygens (including phenoxy) is 4. The van der Waals surface area contributed by atoms with Gasteiger partial charge in [0.25, 0.3) is 0 Å². The first-order valence-electron chi connectivity index (χ1n) is 16.3. The largest absolute Gasteiger partial charge is 0.473 e. The van der Waals surface area contributed by atoms with Crippen molar-refractivity contribution in [3.63, 3.8) is 0 Å². The van der Waals surface area contributed by atoms with Gasteiger partial charge in [0, 0.05) is 0 Å². The molecular formula is C30H52N7O10P. The van der Waals surface area contributed by atoms with Gasteiger partial charge in [-0.15, -0.1) is 0 Å². The Kier molecular flexibility index (Phi) is 13.7. The number of aliphatic hydroxyl groups is 2. The maximum absolute atomic E-state index is 14.6. The Morgan fingerprint density at radius 1 is 1.04 bits per heavy atom. The summed E-state index contributed by atoms with van der Waals surface area (Å²) in [5.41, 5.74) is 4.45. The maximum atomic E-state index is 14.6. The molecule has 0 radical (unpaired) electrons. The summed E-state index contributed by atoms with van der Waals surface area (Å²) in [4.78, 5) is 38.6. The summed E-state index contributed by atoms with van der Waals surface area (Å²) in [6.07, 6.45) is -2.48. The van der Waals surface area contributed by atoms with E-state index in [-0.39, 0.29) is 67.0 Å². The highest BCUT2D eigenvalue weighted by Gasteiger charge is 2.54. The molecule has 1 aliphatic heterocycles. The lowest BCUT2D eigenvalue weighted by atomic mass is 9.96. The second-order valence-electron chi connectivity index (χ2n) is 13.0. The van der Waals surface area contributed by atoms with E-state index in [2.05, 4.69) is 25.1 Å². The van der Waals surface area contributed by atoms with E-state index in [4.69, 9.17) is 29.2 Å². The van der Waals surface area contributed by atoms with E-state index in [9.17, 15) is 24.4 Å². The van der Waals surface area contributed by atoms with Gasteiger partial charge in [-0.3, -0.25) is 18.7 Å². The summed E-state index contributed by atoms with van der Waals surface area (Å²) < 4.78 is 44.2. The molecule has 3 rings (SSSR count). The van der Waals surface area contributed by atoms with E-state index in [1.54, 1.807) is 13.8 Å². The van der Waals surface area contributed by atoms with Crippen LogP contribution in [0.5, 0.6) is 5.88 Å². The third-order valence-electron chi connectivity index (χ3n) is 7.39. The minimum absolute atomic E-state index is 0.0120. The van der Waals surface area contributed by atoms with Crippen LogP contribution in [0, 0.1) is 11.8 Å². The van der Waals surface area contributed by atoms with Crippen LogP contribution in [0.4, 0.5) is 5.95 Å². The standard InChI is InChI=1S/C30H52N7O10P/c1-10-43-26(39)19(12-16(3)4)35-48(42,36-20(13-17(5)6)27(40)44-11-2)45-14-21-23(38)30(9,41)28(47-21)37-15-32-22-24(37)33-29(31)34-25(22)46-18(7)8/h15-21,23,28,38,41H,10-14H2,1-9H3,(H2,31,33,34)(H2,35,36,42)/t19-,20+,21-,23?,28-,30+,48?/m1/s1. The molecule has 48 heavy (non-hydrogen) atoms. The van der Waals surface area contributed by atoms with Crippen LogP contribution in [-0.2, 0) is 32.9 Å². The number of rotatable bonds is 18. The molecule has 0 amide bonds. The van der Waals surface area contributed by atoms with Crippen molar-refractivity contribution in [2.24, 2.45) is 11.8 Å². The number of fused-ring (bicyclic) bond motifs is 1. The van der Waals surface area contributed by atoms with Crippen LogP contribution in [0.1, 0.15) is 81.4 Å². The summed E-state index contributed by atoms with van der Waals surface area (Å²) >= 11 is 0. The molecule has 0 aliphatic carbocycles. The van der Waals surface area contributed by atoms with Crippen molar-refractivity contribution in [2.45, 2.75) is 117 Å². The number of hydrogen-bond acceptors (Lipinski definition) is 14. The molecule has 3 heterocycles. The third-order valence-corrected chi connectivity index (χ3v) is 9.21. The Hall–Kier alpha value is -2.92. The average molecular weight is 702 g/mol. The van der Waals surface area contributed by atoms with Crippen LogP contribution in [0.2, 0.25) is 0 Å². The molecular weight excluding hydrogens is 649 g/mol. The number of nitrogens with one attached hydrogen (secondary N) is 2. The molecule has 6 N–H and O–H groups in total. The smallest absolute Gasteiger partial charge is 0.342 e. The van der Waals surface area contributed by atoms with Crippen LogP contribution in [0.15, 0.2) is 6.33 Å². The van der Waals surface area contributed by atoms with Crippen LogP contribution >= 0.6 is 7.67 Å². The van der Waals surface area contributed by atoms with Gasteiger partial charge < -0.3 is 39.4 Å². The fraction of sp³-hybridized carbons (Fsp3) is 0.767. The number of aliphatic hydroxyl groups excluding tert-OH is 1. The van der Waals surface area contributed by atoms with Gasteiger partial charge in [-0.2, -0.15) is 9.97 Å². The van der Waals surface area contributed by atoms with Gasteiger partial charge in [-0.1, -0.05) is 27.7 Å². The van der Waals surface area contributed by atoms with Crippen molar-refractivity contribution in [3.8, 4) is 5.88 Å². The van der Waals surface area contributed by atoms with E-state index < -0.39 is 62.3 Å². The number of carbonyl (C=O) groups is 2. The van der Waals surface area contributed by atoms with Gasteiger partial charge in [0.15, 0.2) is 17.4 Å². The van der Waals surface area contributed by atoms with Gasteiger partial charge in [0.05, 0.1) is 32.3 Å². The van der Waals surface area contributed by atoms with E-state index in [0.29, 0.717) is 0 Å². The number of imidazole rings is 1. The fourth-order valence-electron chi connectivity index (χ4n) is 5.29. The summed E-state index contributed by atoms with van der Waals surface area (Å²) in [7, 11) is -4.31. The van der Waals surface area contributed by atoms with Crippen molar-refractivity contribution in [1.29, 1.82) is 0 Å². The quantitative estimate of drug-likeness (QED) is 0.111.